The molecule has 0 aromatic carbocycles. The molecule has 0 aliphatic carbocycles. The second-order valence-electron chi connectivity index (χ2n) is 3.88. The molecule has 0 unspecified atom stereocenters. The number of hydrogen-bond acceptors (Lipinski definition) is 2. The fraction of sp³-hybridized carbons (Fsp3) is 0.800. The van der Waals surface area contributed by atoms with E-state index in [4.69, 9.17) is 12.2 Å². The molecule has 2 nitrogen and oxygen atoms in total. The van der Waals surface area contributed by atoms with E-state index in [1.54, 1.807) is 0 Å². The Morgan fingerprint density at radius 2 is 2.08 bits per heavy atom. The van der Waals surface area contributed by atoms with E-state index in [1.165, 1.54) is 0 Å². The van der Waals surface area contributed by atoms with Gasteiger partial charge in [0, 0.05) is 6.54 Å². The van der Waals surface area contributed by atoms with Crippen LogP contribution in [0.4, 0.5) is 0 Å². The molecule has 0 amide bonds. The molecule has 0 atom stereocenters. The summed E-state index contributed by atoms with van der Waals surface area (Å²) in [5.41, 5.74) is 5.80. The van der Waals surface area contributed by atoms with Gasteiger partial charge in [-0.15, -0.1) is 6.42 Å². The second kappa shape index (κ2) is 5.18. The van der Waals surface area contributed by atoms with Gasteiger partial charge in [-0.2, -0.15) is 0 Å². The molecule has 70 valence electrons. The Kier molecular flexibility index (Phi) is 4.96. The minimum atomic E-state index is 0.173. The first-order valence-corrected chi connectivity index (χ1v) is 4.41. The maximum absolute atomic E-state index is 5.63. The third-order valence-electron chi connectivity index (χ3n) is 1.97. The molecular weight excluding hydrogens is 148 g/mol. The van der Waals surface area contributed by atoms with Gasteiger partial charge >= 0.3 is 0 Å². The van der Waals surface area contributed by atoms with Crippen LogP contribution in [-0.2, 0) is 0 Å². The minimum absolute atomic E-state index is 0.173. The van der Waals surface area contributed by atoms with Gasteiger partial charge in [-0.05, 0) is 18.5 Å². The summed E-state index contributed by atoms with van der Waals surface area (Å²) in [5, 5.41) is 0. The first-order chi connectivity index (χ1) is 5.55. The van der Waals surface area contributed by atoms with Crippen LogP contribution >= 0.6 is 0 Å². The number of nitrogens with zero attached hydrogens (tertiary/aromatic N) is 1. The number of terminal acetylenes is 1. The minimum Gasteiger partial charge on any atom is -0.330 e. The fourth-order valence-corrected chi connectivity index (χ4v) is 1.08. The van der Waals surface area contributed by atoms with Gasteiger partial charge < -0.3 is 5.73 Å². The van der Waals surface area contributed by atoms with Crippen LogP contribution in [0.3, 0.4) is 0 Å². The summed E-state index contributed by atoms with van der Waals surface area (Å²) in [7, 11) is 0. The molecule has 0 radical (unpaired) electrons. The Labute approximate surface area is 76.1 Å². The van der Waals surface area contributed by atoms with E-state index in [0.717, 1.165) is 19.6 Å². The van der Waals surface area contributed by atoms with Crippen molar-refractivity contribution in [2.75, 3.05) is 26.2 Å². The molecule has 0 spiro atoms. The van der Waals surface area contributed by atoms with Gasteiger partial charge in [-0.3, -0.25) is 4.90 Å². The smallest absolute Gasteiger partial charge is 0.0599 e. The first-order valence-electron chi connectivity index (χ1n) is 4.41. The van der Waals surface area contributed by atoms with E-state index in [1.807, 2.05) is 0 Å². The third-order valence-corrected chi connectivity index (χ3v) is 1.97. The topological polar surface area (TPSA) is 29.3 Å². The molecule has 0 saturated heterocycles. The van der Waals surface area contributed by atoms with E-state index in [9.17, 15) is 0 Å². The Morgan fingerprint density at radius 3 is 2.42 bits per heavy atom. The lowest BCUT2D eigenvalue weighted by Gasteiger charge is -2.29. The SMILES string of the molecule is C#CCN(CC)CC(C)(C)CN. The zero-order chi connectivity index (χ0) is 9.61. The third kappa shape index (κ3) is 4.38. The quantitative estimate of drug-likeness (QED) is 0.619. The zero-order valence-corrected chi connectivity index (χ0v) is 8.43. The van der Waals surface area contributed by atoms with Gasteiger partial charge in [0.05, 0.1) is 6.54 Å². The monoisotopic (exact) mass is 168 g/mol. The summed E-state index contributed by atoms with van der Waals surface area (Å²) in [6.07, 6.45) is 5.24. The predicted molar refractivity (Wildman–Crippen MR) is 53.8 cm³/mol. The summed E-state index contributed by atoms with van der Waals surface area (Å²) in [6.45, 7) is 9.83. The standard InChI is InChI=1S/C10H20N2/c1-5-7-12(6-2)9-10(3,4)8-11/h1H,6-9,11H2,2-4H3. The largest absolute Gasteiger partial charge is 0.330 e. The Balaban J connectivity index is 3.94. The van der Waals surface area contributed by atoms with Crippen molar-refractivity contribution in [2.45, 2.75) is 20.8 Å². The zero-order valence-electron chi connectivity index (χ0n) is 8.43. The Hall–Kier alpha value is -0.520. The normalized spacial score (nSPS) is 11.7. The van der Waals surface area contributed by atoms with Crippen molar-refractivity contribution in [3.8, 4) is 12.3 Å². The highest BCUT2D eigenvalue weighted by atomic mass is 15.1. The highest BCUT2D eigenvalue weighted by molar-refractivity contribution is 4.89. The van der Waals surface area contributed by atoms with Crippen molar-refractivity contribution in [2.24, 2.45) is 11.1 Å². The molecule has 12 heavy (non-hydrogen) atoms. The van der Waals surface area contributed by atoms with Crippen molar-refractivity contribution in [1.82, 2.24) is 4.90 Å². The van der Waals surface area contributed by atoms with Gasteiger partial charge in [-0.1, -0.05) is 26.7 Å². The summed E-state index contributed by atoms with van der Waals surface area (Å²) < 4.78 is 0. The molecule has 0 aromatic heterocycles. The van der Waals surface area contributed by atoms with E-state index < -0.39 is 0 Å². The van der Waals surface area contributed by atoms with Gasteiger partial charge in [0.2, 0.25) is 0 Å². The van der Waals surface area contributed by atoms with Crippen LogP contribution in [0.15, 0.2) is 0 Å². The van der Waals surface area contributed by atoms with Crippen molar-refractivity contribution in [1.29, 1.82) is 0 Å². The van der Waals surface area contributed by atoms with Crippen LogP contribution in [-0.4, -0.2) is 31.1 Å². The van der Waals surface area contributed by atoms with Crippen LogP contribution in [0.25, 0.3) is 0 Å². The van der Waals surface area contributed by atoms with Gasteiger partial charge in [0.15, 0.2) is 0 Å². The summed E-state index contributed by atoms with van der Waals surface area (Å²) in [4.78, 5) is 2.23. The number of nitrogens with two attached hydrogens (primary N) is 1. The van der Waals surface area contributed by atoms with Gasteiger partial charge in [-0.25, -0.2) is 0 Å². The molecule has 0 bridgehead atoms. The lowest BCUT2D eigenvalue weighted by atomic mass is 9.93. The highest BCUT2D eigenvalue weighted by Crippen LogP contribution is 2.13. The van der Waals surface area contributed by atoms with Crippen molar-refractivity contribution in [3.63, 3.8) is 0 Å². The van der Waals surface area contributed by atoms with E-state index in [2.05, 4.69) is 31.6 Å². The average Bonchev–Trinajstić information content (AvgIpc) is 2.03. The van der Waals surface area contributed by atoms with E-state index in [0.29, 0.717) is 6.54 Å². The first kappa shape index (κ1) is 11.5. The van der Waals surface area contributed by atoms with Crippen LogP contribution in [0, 0.1) is 17.8 Å². The molecule has 0 rings (SSSR count). The molecule has 0 aromatic rings. The molecule has 0 aliphatic heterocycles. The van der Waals surface area contributed by atoms with E-state index in [-0.39, 0.29) is 5.41 Å². The molecule has 0 heterocycles. The van der Waals surface area contributed by atoms with Crippen LogP contribution in [0.5, 0.6) is 0 Å². The maximum Gasteiger partial charge on any atom is 0.0599 e. The summed E-state index contributed by atoms with van der Waals surface area (Å²) >= 11 is 0. The van der Waals surface area contributed by atoms with Crippen LogP contribution in [0.2, 0.25) is 0 Å². The predicted octanol–water partition coefficient (Wildman–Crippen LogP) is 0.926. The number of rotatable bonds is 5. The summed E-state index contributed by atoms with van der Waals surface area (Å²) in [5.74, 6) is 2.65. The van der Waals surface area contributed by atoms with E-state index >= 15 is 0 Å². The van der Waals surface area contributed by atoms with Crippen molar-refractivity contribution in [3.05, 3.63) is 0 Å². The van der Waals surface area contributed by atoms with Gasteiger partial charge in [0.25, 0.3) is 0 Å². The molecule has 0 aliphatic rings. The van der Waals surface area contributed by atoms with Crippen LogP contribution in [0.1, 0.15) is 20.8 Å². The Bertz CT molecular complexity index is 156. The van der Waals surface area contributed by atoms with Crippen LogP contribution < -0.4 is 5.73 Å². The lowest BCUT2D eigenvalue weighted by Crippen LogP contribution is -2.38. The highest BCUT2D eigenvalue weighted by Gasteiger charge is 2.18. The Morgan fingerprint density at radius 1 is 1.50 bits per heavy atom. The molecule has 0 saturated carbocycles. The van der Waals surface area contributed by atoms with Crippen molar-refractivity contribution >= 4 is 0 Å². The number of hydrogen-bond donors (Lipinski definition) is 1. The summed E-state index contributed by atoms with van der Waals surface area (Å²) in [6, 6.07) is 0. The molecular formula is C10H20N2. The van der Waals surface area contributed by atoms with Crippen molar-refractivity contribution < 1.29 is 0 Å². The molecule has 2 heteroatoms. The van der Waals surface area contributed by atoms with Gasteiger partial charge in [0.1, 0.15) is 0 Å². The maximum atomic E-state index is 5.63. The molecule has 0 fully saturated rings. The second-order valence-corrected chi connectivity index (χ2v) is 3.88. The molecule has 2 N–H and O–H groups in total. The lowest BCUT2D eigenvalue weighted by molar-refractivity contribution is 0.208. The fourth-order valence-electron chi connectivity index (χ4n) is 1.08. The average molecular weight is 168 g/mol.